The van der Waals surface area contributed by atoms with Crippen LogP contribution in [0.3, 0.4) is 0 Å². The summed E-state index contributed by atoms with van der Waals surface area (Å²) in [6.07, 6.45) is 1.94. The van der Waals surface area contributed by atoms with E-state index in [0.717, 1.165) is 5.56 Å². The average molecular weight is 239 g/mol. The molecule has 0 atom stereocenters. The maximum atomic E-state index is 11.8. The van der Waals surface area contributed by atoms with E-state index in [-0.39, 0.29) is 6.41 Å². The van der Waals surface area contributed by atoms with E-state index in [1.165, 1.54) is 0 Å². The lowest BCUT2D eigenvalue weighted by Gasteiger charge is -2.14. The predicted molar refractivity (Wildman–Crippen MR) is 60.2 cm³/mol. The number of hydrogen-bond acceptors (Lipinski definition) is 3. The Bertz CT molecular complexity index is 477. The van der Waals surface area contributed by atoms with Gasteiger partial charge in [0.1, 0.15) is 0 Å². The van der Waals surface area contributed by atoms with Crippen molar-refractivity contribution >= 4 is 16.4 Å². The van der Waals surface area contributed by atoms with Gasteiger partial charge in [-0.3, -0.25) is 9.52 Å². The second kappa shape index (κ2) is 3.90. The van der Waals surface area contributed by atoms with Crippen molar-refractivity contribution in [2.75, 3.05) is 0 Å². The van der Waals surface area contributed by atoms with Crippen LogP contribution in [0.1, 0.15) is 18.4 Å². The molecule has 0 unspecified atom stereocenters. The van der Waals surface area contributed by atoms with Crippen LogP contribution >= 0.6 is 0 Å². The van der Waals surface area contributed by atoms with E-state index in [1.807, 2.05) is 35.1 Å². The van der Waals surface area contributed by atoms with Gasteiger partial charge in [0, 0.05) is 0 Å². The molecular weight excluding hydrogens is 226 g/mol. The molecule has 86 valence electrons. The molecule has 0 aromatic heterocycles. The van der Waals surface area contributed by atoms with E-state index in [1.54, 1.807) is 0 Å². The maximum absolute atomic E-state index is 11.8. The number of hydrogen-bond donors (Lipinski definition) is 1. The highest BCUT2D eigenvalue weighted by Gasteiger charge is 2.54. The molecule has 16 heavy (non-hydrogen) atoms. The molecule has 0 aliphatic heterocycles. The number of amides is 1. The fourth-order valence-corrected chi connectivity index (χ4v) is 3.21. The molecule has 1 N–H and O–H groups in total. The van der Waals surface area contributed by atoms with Crippen molar-refractivity contribution in [1.29, 1.82) is 0 Å². The van der Waals surface area contributed by atoms with Gasteiger partial charge in [0.25, 0.3) is 0 Å². The molecular formula is C11H13NO3S. The monoisotopic (exact) mass is 239 g/mol. The van der Waals surface area contributed by atoms with Crippen molar-refractivity contribution in [3.63, 3.8) is 0 Å². The number of nitrogens with one attached hydrogen (secondary N) is 1. The number of carbonyl (C=O) groups excluding carboxylic acids is 1. The van der Waals surface area contributed by atoms with Gasteiger partial charge in [-0.1, -0.05) is 30.3 Å². The fraction of sp³-hybridized carbons (Fsp3) is 0.364. The van der Waals surface area contributed by atoms with Crippen LogP contribution in [-0.4, -0.2) is 19.6 Å². The number of sulfonamides is 1. The Morgan fingerprint density at radius 2 is 1.88 bits per heavy atom. The van der Waals surface area contributed by atoms with Gasteiger partial charge in [0.2, 0.25) is 16.4 Å². The first-order valence-electron chi connectivity index (χ1n) is 5.09. The summed E-state index contributed by atoms with van der Waals surface area (Å²) >= 11 is 0. The SMILES string of the molecule is O=CNS(=O)(=O)C1(Cc2ccccc2)CC1. The summed E-state index contributed by atoms with van der Waals surface area (Å²) in [5.74, 6) is 0. The molecule has 1 fully saturated rings. The van der Waals surface area contributed by atoms with Crippen molar-refractivity contribution in [2.45, 2.75) is 24.0 Å². The average Bonchev–Trinajstić information content (AvgIpc) is 3.01. The fourth-order valence-electron chi connectivity index (χ4n) is 1.84. The topological polar surface area (TPSA) is 63.2 Å². The molecule has 0 heterocycles. The summed E-state index contributed by atoms with van der Waals surface area (Å²) in [4.78, 5) is 10.3. The van der Waals surface area contributed by atoms with Crippen LogP contribution in [0, 0.1) is 0 Å². The van der Waals surface area contributed by atoms with Crippen LogP contribution in [0.4, 0.5) is 0 Å². The molecule has 1 amide bonds. The van der Waals surface area contributed by atoms with E-state index in [4.69, 9.17) is 0 Å². The van der Waals surface area contributed by atoms with Crippen molar-refractivity contribution in [3.8, 4) is 0 Å². The summed E-state index contributed by atoms with van der Waals surface area (Å²) < 4.78 is 24.7. The molecule has 0 spiro atoms. The highest BCUT2D eigenvalue weighted by atomic mass is 32.2. The molecule has 2 rings (SSSR count). The van der Waals surface area contributed by atoms with Crippen LogP contribution < -0.4 is 4.72 Å². The first-order valence-corrected chi connectivity index (χ1v) is 6.57. The molecule has 1 aromatic rings. The van der Waals surface area contributed by atoms with Crippen LogP contribution in [-0.2, 0) is 21.2 Å². The van der Waals surface area contributed by atoms with E-state index in [0.29, 0.717) is 19.3 Å². The van der Waals surface area contributed by atoms with Gasteiger partial charge in [0.15, 0.2) is 0 Å². The molecule has 0 saturated heterocycles. The Hall–Kier alpha value is -1.36. The lowest BCUT2D eigenvalue weighted by Crippen LogP contribution is -2.36. The van der Waals surface area contributed by atoms with Crippen LogP contribution in [0.2, 0.25) is 0 Å². The Morgan fingerprint density at radius 3 is 2.38 bits per heavy atom. The van der Waals surface area contributed by atoms with Gasteiger partial charge >= 0.3 is 0 Å². The first kappa shape index (κ1) is 11.1. The third-order valence-corrected chi connectivity index (χ3v) is 5.05. The third-order valence-electron chi connectivity index (χ3n) is 2.95. The lowest BCUT2D eigenvalue weighted by atomic mass is 10.1. The summed E-state index contributed by atoms with van der Waals surface area (Å²) in [5, 5.41) is 0. The van der Waals surface area contributed by atoms with E-state index in [9.17, 15) is 13.2 Å². The minimum absolute atomic E-state index is 0.237. The Kier molecular flexibility index (Phi) is 2.71. The van der Waals surface area contributed by atoms with Crippen molar-refractivity contribution < 1.29 is 13.2 Å². The summed E-state index contributed by atoms with van der Waals surface area (Å²) in [5.41, 5.74) is 0.983. The quantitative estimate of drug-likeness (QED) is 0.774. The molecule has 1 aliphatic rings. The highest BCUT2D eigenvalue weighted by molar-refractivity contribution is 7.91. The number of benzene rings is 1. The van der Waals surface area contributed by atoms with Crippen LogP contribution in [0.5, 0.6) is 0 Å². The van der Waals surface area contributed by atoms with E-state index in [2.05, 4.69) is 0 Å². The molecule has 0 radical (unpaired) electrons. The molecule has 1 saturated carbocycles. The van der Waals surface area contributed by atoms with Crippen LogP contribution in [0.15, 0.2) is 30.3 Å². The van der Waals surface area contributed by atoms with Gasteiger partial charge in [-0.25, -0.2) is 8.42 Å². The normalized spacial score (nSPS) is 17.8. The van der Waals surface area contributed by atoms with Crippen LogP contribution in [0.25, 0.3) is 0 Å². The standard InChI is InChI=1S/C11H13NO3S/c13-9-12-16(14,15)11(6-7-11)8-10-4-2-1-3-5-10/h1-5,9H,6-8H2,(H,12,13). The minimum Gasteiger partial charge on any atom is -0.278 e. The van der Waals surface area contributed by atoms with E-state index < -0.39 is 14.8 Å². The Labute approximate surface area is 94.7 Å². The van der Waals surface area contributed by atoms with Crippen molar-refractivity contribution in [3.05, 3.63) is 35.9 Å². The molecule has 0 bridgehead atoms. The summed E-state index contributed by atoms with van der Waals surface area (Å²) in [6.45, 7) is 0. The first-order chi connectivity index (χ1) is 7.60. The summed E-state index contributed by atoms with van der Waals surface area (Å²) in [7, 11) is -3.52. The molecule has 1 aromatic carbocycles. The zero-order valence-corrected chi connectivity index (χ0v) is 9.53. The third kappa shape index (κ3) is 1.95. The smallest absolute Gasteiger partial charge is 0.240 e. The molecule has 5 heteroatoms. The molecule has 4 nitrogen and oxygen atoms in total. The van der Waals surface area contributed by atoms with Crippen molar-refractivity contribution in [2.24, 2.45) is 0 Å². The van der Waals surface area contributed by atoms with E-state index >= 15 is 0 Å². The maximum Gasteiger partial charge on any atom is 0.240 e. The van der Waals surface area contributed by atoms with Gasteiger partial charge in [-0.15, -0.1) is 0 Å². The molecule has 1 aliphatic carbocycles. The van der Waals surface area contributed by atoms with Gasteiger partial charge < -0.3 is 0 Å². The zero-order chi connectivity index (χ0) is 11.6. The zero-order valence-electron chi connectivity index (χ0n) is 8.72. The Balaban J connectivity index is 2.19. The lowest BCUT2D eigenvalue weighted by molar-refractivity contribution is -0.108. The Morgan fingerprint density at radius 1 is 1.25 bits per heavy atom. The largest absolute Gasteiger partial charge is 0.278 e. The van der Waals surface area contributed by atoms with Gasteiger partial charge in [0.05, 0.1) is 4.75 Å². The van der Waals surface area contributed by atoms with Crippen molar-refractivity contribution in [1.82, 2.24) is 4.72 Å². The number of rotatable bonds is 5. The predicted octanol–water partition coefficient (Wildman–Crippen LogP) is 0.837. The second-order valence-corrected chi connectivity index (χ2v) is 6.19. The summed E-state index contributed by atoms with van der Waals surface area (Å²) in [6, 6.07) is 9.45. The number of carbonyl (C=O) groups is 1. The van der Waals surface area contributed by atoms with Gasteiger partial charge in [-0.05, 0) is 24.8 Å². The van der Waals surface area contributed by atoms with Gasteiger partial charge in [-0.2, -0.15) is 0 Å². The second-order valence-electron chi connectivity index (χ2n) is 4.08. The highest BCUT2D eigenvalue weighted by Crippen LogP contribution is 2.45. The minimum atomic E-state index is -3.52.